The number of ether oxygens (including phenoxy) is 1. The van der Waals surface area contributed by atoms with Crippen LogP contribution in [0.3, 0.4) is 0 Å². The van der Waals surface area contributed by atoms with Crippen molar-refractivity contribution in [2.75, 3.05) is 39.9 Å². The standard InChI is InChI=1S/C19H29F3N4O/c1-4-14(2)25-18(23-3)24-13-17(26-9-11-27-12-10-26)15-5-7-16(8-6-15)19(20,21)22/h5-8,14,17H,4,9-13H2,1-3H3,(H2,23,24,25). The van der Waals surface area contributed by atoms with Gasteiger partial charge in [0, 0.05) is 32.7 Å². The molecule has 152 valence electrons. The summed E-state index contributed by atoms with van der Waals surface area (Å²) in [4.78, 5) is 6.47. The van der Waals surface area contributed by atoms with Gasteiger partial charge in [-0.2, -0.15) is 13.2 Å². The van der Waals surface area contributed by atoms with Crippen molar-refractivity contribution in [2.24, 2.45) is 4.99 Å². The molecule has 0 bridgehead atoms. The summed E-state index contributed by atoms with van der Waals surface area (Å²) in [6.07, 6.45) is -3.36. The lowest BCUT2D eigenvalue weighted by Crippen LogP contribution is -2.47. The van der Waals surface area contributed by atoms with Gasteiger partial charge in [0.15, 0.2) is 5.96 Å². The lowest BCUT2D eigenvalue weighted by atomic mass is 10.0. The molecule has 5 nitrogen and oxygen atoms in total. The molecule has 1 aliphatic heterocycles. The molecule has 0 amide bonds. The summed E-state index contributed by atoms with van der Waals surface area (Å²) in [5, 5.41) is 6.61. The highest BCUT2D eigenvalue weighted by Crippen LogP contribution is 2.31. The van der Waals surface area contributed by atoms with Crippen molar-refractivity contribution in [1.29, 1.82) is 0 Å². The fourth-order valence-electron chi connectivity index (χ4n) is 2.96. The maximum Gasteiger partial charge on any atom is 0.416 e. The average Bonchev–Trinajstić information content (AvgIpc) is 2.67. The van der Waals surface area contributed by atoms with Crippen LogP contribution in [0, 0.1) is 0 Å². The fraction of sp³-hybridized carbons (Fsp3) is 0.632. The van der Waals surface area contributed by atoms with E-state index >= 15 is 0 Å². The zero-order valence-corrected chi connectivity index (χ0v) is 16.1. The minimum Gasteiger partial charge on any atom is -0.379 e. The number of aliphatic imine (C=N–C) groups is 1. The van der Waals surface area contributed by atoms with Crippen molar-refractivity contribution in [1.82, 2.24) is 15.5 Å². The molecule has 2 rings (SSSR count). The molecular formula is C19H29F3N4O. The molecule has 0 radical (unpaired) electrons. The Labute approximate surface area is 159 Å². The van der Waals surface area contributed by atoms with Crippen molar-refractivity contribution >= 4 is 5.96 Å². The predicted molar refractivity (Wildman–Crippen MR) is 101 cm³/mol. The first-order valence-corrected chi connectivity index (χ1v) is 9.31. The van der Waals surface area contributed by atoms with E-state index in [0.29, 0.717) is 25.7 Å². The maximum absolute atomic E-state index is 12.9. The van der Waals surface area contributed by atoms with Crippen LogP contribution < -0.4 is 10.6 Å². The predicted octanol–water partition coefficient (Wildman–Crippen LogP) is 3.04. The Morgan fingerprint density at radius 3 is 2.37 bits per heavy atom. The monoisotopic (exact) mass is 386 g/mol. The topological polar surface area (TPSA) is 48.9 Å². The minimum atomic E-state index is -4.33. The summed E-state index contributed by atoms with van der Waals surface area (Å²) < 4.78 is 44.0. The number of halogens is 3. The van der Waals surface area contributed by atoms with E-state index in [9.17, 15) is 13.2 Å². The van der Waals surface area contributed by atoms with Crippen molar-refractivity contribution in [2.45, 2.75) is 38.5 Å². The molecule has 2 N–H and O–H groups in total. The highest BCUT2D eigenvalue weighted by molar-refractivity contribution is 5.79. The number of nitrogens with zero attached hydrogens (tertiary/aromatic N) is 2. The van der Waals surface area contributed by atoms with Crippen LogP contribution in [-0.2, 0) is 10.9 Å². The second kappa shape index (κ2) is 9.94. The third kappa shape index (κ3) is 6.39. The van der Waals surface area contributed by atoms with Crippen molar-refractivity contribution in [3.05, 3.63) is 35.4 Å². The van der Waals surface area contributed by atoms with Gasteiger partial charge in [-0.05, 0) is 31.0 Å². The molecule has 2 unspecified atom stereocenters. The minimum absolute atomic E-state index is 0.0633. The van der Waals surface area contributed by atoms with E-state index in [-0.39, 0.29) is 12.1 Å². The van der Waals surface area contributed by atoms with Crippen LogP contribution in [0.2, 0.25) is 0 Å². The van der Waals surface area contributed by atoms with Crippen LogP contribution in [0.5, 0.6) is 0 Å². The van der Waals surface area contributed by atoms with Gasteiger partial charge in [-0.1, -0.05) is 19.1 Å². The fourth-order valence-corrected chi connectivity index (χ4v) is 2.96. The molecular weight excluding hydrogens is 357 g/mol. The largest absolute Gasteiger partial charge is 0.416 e. The Hall–Kier alpha value is -1.80. The number of hydrogen-bond acceptors (Lipinski definition) is 3. The van der Waals surface area contributed by atoms with Gasteiger partial charge in [-0.3, -0.25) is 9.89 Å². The van der Waals surface area contributed by atoms with Crippen LogP contribution in [-0.4, -0.2) is 56.8 Å². The molecule has 2 atom stereocenters. The second-order valence-corrected chi connectivity index (χ2v) is 6.69. The molecule has 1 aromatic rings. The maximum atomic E-state index is 12.9. The van der Waals surface area contributed by atoms with Gasteiger partial charge in [0.2, 0.25) is 0 Å². The van der Waals surface area contributed by atoms with Gasteiger partial charge in [0.1, 0.15) is 0 Å². The Balaban J connectivity index is 2.13. The molecule has 8 heteroatoms. The Morgan fingerprint density at radius 2 is 1.85 bits per heavy atom. The summed E-state index contributed by atoms with van der Waals surface area (Å²) in [5.74, 6) is 0.689. The summed E-state index contributed by atoms with van der Waals surface area (Å²) in [6, 6.07) is 5.64. The number of guanidine groups is 1. The van der Waals surface area contributed by atoms with E-state index in [1.807, 2.05) is 0 Å². The number of benzene rings is 1. The third-order valence-corrected chi connectivity index (χ3v) is 4.79. The first-order valence-electron chi connectivity index (χ1n) is 9.31. The van der Waals surface area contributed by atoms with Crippen molar-refractivity contribution < 1.29 is 17.9 Å². The molecule has 0 spiro atoms. The lowest BCUT2D eigenvalue weighted by molar-refractivity contribution is -0.137. The van der Waals surface area contributed by atoms with E-state index in [4.69, 9.17) is 4.74 Å². The van der Waals surface area contributed by atoms with Gasteiger partial charge >= 0.3 is 6.18 Å². The molecule has 0 aromatic heterocycles. The summed E-state index contributed by atoms with van der Waals surface area (Å²) in [5.41, 5.74) is 0.213. The van der Waals surface area contributed by atoms with Gasteiger partial charge in [-0.25, -0.2) is 0 Å². The van der Waals surface area contributed by atoms with Gasteiger partial charge < -0.3 is 15.4 Å². The average molecular weight is 386 g/mol. The van der Waals surface area contributed by atoms with E-state index in [1.165, 1.54) is 0 Å². The van der Waals surface area contributed by atoms with Crippen LogP contribution in [0.25, 0.3) is 0 Å². The Bertz CT molecular complexity index is 598. The first kappa shape index (κ1) is 21.5. The summed E-state index contributed by atoms with van der Waals surface area (Å²) in [6.45, 7) is 7.43. The van der Waals surface area contributed by atoms with E-state index < -0.39 is 11.7 Å². The SMILES string of the molecule is CCC(C)NC(=NC)NCC(c1ccc(C(F)(F)F)cc1)N1CCOCC1. The van der Waals surface area contributed by atoms with Crippen molar-refractivity contribution in [3.8, 4) is 0 Å². The van der Waals surface area contributed by atoms with E-state index in [0.717, 1.165) is 37.2 Å². The summed E-state index contributed by atoms with van der Waals surface area (Å²) in [7, 11) is 1.71. The molecule has 1 fully saturated rings. The Kier molecular flexibility index (Phi) is 7.91. The van der Waals surface area contributed by atoms with Gasteiger partial charge in [0.05, 0.1) is 24.8 Å². The van der Waals surface area contributed by atoms with E-state index in [1.54, 1.807) is 19.2 Å². The van der Waals surface area contributed by atoms with Gasteiger partial charge in [-0.15, -0.1) is 0 Å². The highest BCUT2D eigenvalue weighted by atomic mass is 19.4. The molecule has 1 aromatic carbocycles. The van der Waals surface area contributed by atoms with Crippen LogP contribution >= 0.6 is 0 Å². The molecule has 27 heavy (non-hydrogen) atoms. The van der Waals surface area contributed by atoms with Crippen LogP contribution in [0.4, 0.5) is 13.2 Å². The number of rotatable bonds is 6. The first-order chi connectivity index (χ1) is 12.8. The molecule has 1 aliphatic rings. The molecule has 0 aliphatic carbocycles. The molecule has 1 heterocycles. The van der Waals surface area contributed by atoms with Gasteiger partial charge in [0.25, 0.3) is 0 Å². The Morgan fingerprint density at radius 1 is 1.22 bits per heavy atom. The third-order valence-electron chi connectivity index (χ3n) is 4.79. The smallest absolute Gasteiger partial charge is 0.379 e. The molecule has 0 saturated carbocycles. The quantitative estimate of drug-likeness (QED) is 0.583. The zero-order chi connectivity index (χ0) is 19.9. The summed E-state index contributed by atoms with van der Waals surface area (Å²) >= 11 is 0. The van der Waals surface area contributed by atoms with E-state index in [2.05, 4.69) is 34.4 Å². The number of alkyl halides is 3. The number of morpholine rings is 1. The normalized spacial score (nSPS) is 18.8. The molecule has 1 saturated heterocycles. The van der Waals surface area contributed by atoms with Crippen molar-refractivity contribution in [3.63, 3.8) is 0 Å². The number of nitrogens with one attached hydrogen (secondary N) is 2. The number of hydrogen-bond donors (Lipinski definition) is 2. The lowest BCUT2D eigenvalue weighted by Gasteiger charge is -2.35. The van der Waals surface area contributed by atoms with Crippen LogP contribution in [0.15, 0.2) is 29.3 Å². The highest BCUT2D eigenvalue weighted by Gasteiger charge is 2.31. The van der Waals surface area contributed by atoms with Crippen LogP contribution in [0.1, 0.15) is 37.4 Å². The second-order valence-electron chi connectivity index (χ2n) is 6.69. The zero-order valence-electron chi connectivity index (χ0n) is 16.1.